The van der Waals surface area contributed by atoms with Crippen molar-refractivity contribution in [2.45, 2.75) is 44.2 Å². The number of benzene rings is 1. The smallest absolute Gasteiger partial charge is 0.335 e. The Morgan fingerprint density at radius 1 is 1.04 bits per heavy atom. The molecular weight excluding hydrogens is 298 g/mol. The summed E-state index contributed by atoms with van der Waals surface area (Å²) in [6.45, 7) is 0. The zero-order chi connectivity index (χ0) is 16.6. The van der Waals surface area contributed by atoms with Gasteiger partial charge >= 0.3 is 11.9 Å². The first-order valence-electron chi connectivity index (χ1n) is 7.88. The summed E-state index contributed by atoms with van der Waals surface area (Å²) in [5.41, 5.74) is 0.268. The molecule has 6 heteroatoms. The molecule has 2 N–H and O–H groups in total. The molecule has 23 heavy (non-hydrogen) atoms. The van der Waals surface area contributed by atoms with Crippen LogP contribution in [-0.4, -0.2) is 45.0 Å². The van der Waals surface area contributed by atoms with Crippen LogP contribution < -0.4 is 0 Å². The molecule has 0 radical (unpaired) electrons. The first-order chi connectivity index (χ1) is 11.0. The summed E-state index contributed by atoms with van der Waals surface area (Å²) in [5, 5.41) is 18.5. The molecule has 1 saturated carbocycles. The van der Waals surface area contributed by atoms with Gasteiger partial charge in [0.25, 0.3) is 5.91 Å². The predicted molar refractivity (Wildman–Crippen MR) is 81.4 cm³/mol. The lowest BCUT2D eigenvalue weighted by atomic mass is 9.84. The second kappa shape index (κ2) is 6.02. The van der Waals surface area contributed by atoms with E-state index in [0.29, 0.717) is 6.42 Å². The molecule has 1 aliphatic heterocycles. The van der Waals surface area contributed by atoms with Gasteiger partial charge in [0.05, 0.1) is 5.56 Å². The van der Waals surface area contributed by atoms with Crippen LogP contribution in [0.1, 0.15) is 52.8 Å². The molecule has 0 bridgehead atoms. The average Bonchev–Trinajstić information content (AvgIpc) is 2.94. The van der Waals surface area contributed by atoms with Gasteiger partial charge in [-0.2, -0.15) is 0 Å². The molecular formula is C17H19NO5. The Labute approximate surface area is 133 Å². The molecule has 1 aromatic rings. The predicted octanol–water partition coefficient (Wildman–Crippen LogP) is 2.24. The van der Waals surface area contributed by atoms with Crippen LogP contribution in [0.4, 0.5) is 0 Å². The number of fused-ring (bicyclic) bond motifs is 1. The normalized spacial score (nSPS) is 26.6. The molecule has 1 aliphatic carbocycles. The molecule has 1 amide bonds. The van der Waals surface area contributed by atoms with E-state index < -0.39 is 18.0 Å². The molecule has 122 valence electrons. The zero-order valence-electron chi connectivity index (χ0n) is 12.6. The van der Waals surface area contributed by atoms with E-state index in [1.807, 2.05) is 0 Å². The third kappa shape index (κ3) is 2.81. The Balaban J connectivity index is 1.93. The number of aliphatic carboxylic acids is 1. The highest BCUT2D eigenvalue weighted by molar-refractivity contribution is 5.99. The van der Waals surface area contributed by atoms with Crippen molar-refractivity contribution in [1.29, 1.82) is 0 Å². The fourth-order valence-corrected chi connectivity index (χ4v) is 3.91. The van der Waals surface area contributed by atoms with Crippen molar-refractivity contribution in [2.24, 2.45) is 5.92 Å². The van der Waals surface area contributed by atoms with Crippen molar-refractivity contribution in [3.63, 3.8) is 0 Å². The highest BCUT2D eigenvalue weighted by Gasteiger charge is 2.47. The number of aromatic carboxylic acids is 1. The molecule has 3 atom stereocenters. The second-order valence-electron chi connectivity index (χ2n) is 6.30. The molecule has 0 spiro atoms. The number of likely N-dealkylation sites (tertiary alicyclic amines) is 1. The minimum Gasteiger partial charge on any atom is -0.480 e. The van der Waals surface area contributed by atoms with Crippen molar-refractivity contribution in [3.8, 4) is 0 Å². The largest absolute Gasteiger partial charge is 0.480 e. The van der Waals surface area contributed by atoms with Gasteiger partial charge in [0.2, 0.25) is 0 Å². The maximum atomic E-state index is 12.9. The molecule has 0 aromatic heterocycles. The number of rotatable bonds is 3. The summed E-state index contributed by atoms with van der Waals surface area (Å²) < 4.78 is 0. The summed E-state index contributed by atoms with van der Waals surface area (Å²) >= 11 is 0. The van der Waals surface area contributed by atoms with E-state index in [1.54, 1.807) is 6.07 Å². The lowest BCUT2D eigenvalue weighted by Gasteiger charge is -2.33. The second-order valence-corrected chi connectivity index (χ2v) is 6.30. The molecule has 1 aromatic carbocycles. The SMILES string of the molecule is O=C(O)c1cccc(C(=O)N2C(C(=O)O)CC3CCCCC32)c1. The van der Waals surface area contributed by atoms with Gasteiger partial charge in [0.15, 0.2) is 0 Å². The minimum atomic E-state index is -1.11. The van der Waals surface area contributed by atoms with Crippen molar-refractivity contribution in [3.05, 3.63) is 35.4 Å². The number of carbonyl (C=O) groups is 3. The van der Waals surface area contributed by atoms with Crippen molar-refractivity contribution < 1.29 is 24.6 Å². The Bertz CT molecular complexity index is 656. The minimum absolute atomic E-state index is 0.0297. The van der Waals surface area contributed by atoms with Crippen LogP contribution in [-0.2, 0) is 4.79 Å². The van der Waals surface area contributed by atoms with Crippen LogP contribution >= 0.6 is 0 Å². The van der Waals surface area contributed by atoms with Gasteiger partial charge in [-0.15, -0.1) is 0 Å². The number of nitrogens with zero attached hydrogens (tertiary/aromatic N) is 1. The summed E-state index contributed by atoms with van der Waals surface area (Å²) in [7, 11) is 0. The number of hydrogen-bond acceptors (Lipinski definition) is 3. The number of carbonyl (C=O) groups excluding carboxylic acids is 1. The third-order valence-corrected chi connectivity index (χ3v) is 4.96. The maximum Gasteiger partial charge on any atom is 0.335 e. The average molecular weight is 317 g/mol. The highest BCUT2D eigenvalue weighted by atomic mass is 16.4. The molecule has 3 unspecified atom stereocenters. The molecule has 2 aliphatic rings. The van der Waals surface area contributed by atoms with E-state index in [4.69, 9.17) is 5.11 Å². The maximum absolute atomic E-state index is 12.9. The summed E-state index contributed by atoms with van der Waals surface area (Å²) in [4.78, 5) is 37.0. The van der Waals surface area contributed by atoms with Crippen LogP contribution in [0, 0.1) is 5.92 Å². The van der Waals surface area contributed by atoms with Crippen LogP contribution in [0.2, 0.25) is 0 Å². The molecule has 2 fully saturated rings. The third-order valence-electron chi connectivity index (χ3n) is 4.96. The van der Waals surface area contributed by atoms with E-state index in [1.165, 1.54) is 23.1 Å². The fourth-order valence-electron chi connectivity index (χ4n) is 3.91. The van der Waals surface area contributed by atoms with Crippen LogP contribution in [0.25, 0.3) is 0 Å². The topological polar surface area (TPSA) is 94.9 Å². The summed E-state index contributed by atoms with van der Waals surface area (Å²) in [6.07, 6.45) is 4.33. The van der Waals surface area contributed by atoms with Gasteiger partial charge in [0.1, 0.15) is 6.04 Å². The summed E-state index contributed by atoms with van der Waals surface area (Å²) in [6, 6.07) is 4.93. The van der Waals surface area contributed by atoms with Crippen molar-refractivity contribution in [1.82, 2.24) is 4.90 Å². The van der Waals surface area contributed by atoms with Crippen LogP contribution in [0.3, 0.4) is 0 Å². The first-order valence-corrected chi connectivity index (χ1v) is 7.88. The monoisotopic (exact) mass is 317 g/mol. The number of amides is 1. The Morgan fingerprint density at radius 2 is 1.74 bits per heavy atom. The zero-order valence-corrected chi connectivity index (χ0v) is 12.6. The van der Waals surface area contributed by atoms with Gasteiger partial charge in [-0.1, -0.05) is 18.9 Å². The van der Waals surface area contributed by atoms with Gasteiger partial charge < -0.3 is 15.1 Å². The Morgan fingerprint density at radius 3 is 2.43 bits per heavy atom. The summed E-state index contributed by atoms with van der Waals surface area (Å²) in [5.74, 6) is -2.24. The standard InChI is InChI=1S/C17H19NO5/c19-15(11-5-3-6-12(8-11)16(20)21)18-13-7-2-1-4-10(13)9-14(18)17(22)23/h3,5-6,8,10,13-14H,1-2,4,7,9H2,(H,20,21)(H,22,23). The van der Waals surface area contributed by atoms with Crippen molar-refractivity contribution in [2.75, 3.05) is 0 Å². The quantitative estimate of drug-likeness (QED) is 0.891. The van der Waals surface area contributed by atoms with E-state index in [0.717, 1.165) is 25.7 Å². The van der Waals surface area contributed by atoms with Gasteiger partial charge in [0, 0.05) is 11.6 Å². The van der Waals surface area contributed by atoms with Crippen molar-refractivity contribution >= 4 is 17.8 Å². The highest BCUT2D eigenvalue weighted by Crippen LogP contribution is 2.40. The fraction of sp³-hybridized carbons (Fsp3) is 0.471. The number of hydrogen-bond donors (Lipinski definition) is 2. The van der Waals surface area contributed by atoms with Crippen LogP contribution in [0.5, 0.6) is 0 Å². The van der Waals surface area contributed by atoms with E-state index >= 15 is 0 Å². The first kappa shape index (κ1) is 15.5. The van der Waals surface area contributed by atoms with Gasteiger partial charge in [-0.05, 0) is 43.4 Å². The molecule has 6 nitrogen and oxygen atoms in total. The lowest BCUT2D eigenvalue weighted by molar-refractivity contribution is -0.141. The van der Waals surface area contributed by atoms with E-state index in [9.17, 15) is 19.5 Å². The molecule has 1 heterocycles. The van der Waals surface area contributed by atoms with E-state index in [-0.39, 0.29) is 29.0 Å². The Hall–Kier alpha value is -2.37. The van der Waals surface area contributed by atoms with E-state index in [2.05, 4.69) is 0 Å². The Kier molecular flexibility index (Phi) is 4.07. The number of carboxylic acids is 2. The molecule has 3 rings (SSSR count). The van der Waals surface area contributed by atoms with Gasteiger partial charge in [-0.3, -0.25) is 4.79 Å². The van der Waals surface area contributed by atoms with Gasteiger partial charge in [-0.25, -0.2) is 9.59 Å². The van der Waals surface area contributed by atoms with Crippen LogP contribution in [0.15, 0.2) is 24.3 Å². The lowest BCUT2D eigenvalue weighted by Crippen LogP contribution is -2.46. The number of carboxylic acid groups (broad SMARTS) is 2. The molecule has 1 saturated heterocycles.